The summed E-state index contributed by atoms with van der Waals surface area (Å²) in [6.07, 6.45) is 4.71. The van der Waals surface area contributed by atoms with Gasteiger partial charge in [-0.2, -0.15) is 0 Å². The minimum atomic E-state index is 0.560. The highest BCUT2D eigenvalue weighted by atomic mass is 16.5. The molecule has 0 radical (unpaired) electrons. The van der Waals surface area contributed by atoms with Crippen molar-refractivity contribution < 1.29 is 4.74 Å². The molecule has 0 saturated carbocycles. The Morgan fingerprint density at radius 3 is 3.33 bits per heavy atom. The quantitative estimate of drug-likeness (QED) is 0.550. The first kappa shape index (κ1) is 8.27. The second-order valence-corrected chi connectivity index (χ2v) is 4.00. The summed E-state index contributed by atoms with van der Waals surface area (Å²) in [5, 5.41) is 3.53. The lowest BCUT2D eigenvalue weighted by Gasteiger charge is -2.18. The van der Waals surface area contributed by atoms with Gasteiger partial charge in [-0.25, -0.2) is 0 Å². The molecule has 68 valence electrons. The highest BCUT2D eigenvalue weighted by Gasteiger charge is 2.20. The van der Waals surface area contributed by atoms with E-state index in [1.54, 1.807) is 0 Å². The topological polar surface area (TPSA) is 21.3 Å². The lowest BCUT2D eigenvalue weighted by Crippen LogP contribution is -2.34. The Bertz CT molecular complexity index is 188. The number of hydrogen-bond donors (Lipinski definition) is 1. The van der Waals surface area contributed by atoms with Gasteiger partial charge >= 0.3 is 0 Å². The van der Waals surface area contributed by atoms with Crippen LogP contribution in [0.15, 0.2) is 11.6 Å². The summed E-state index contributed by atoms with van der Waals surface area (Å²) in [5.74, 6) is 0.701. The SMILES string of the molecule is CC1=CCC2COCC(CN2)C1. The van der Waals surface area contributed by atoms with E-state index in [0.717, 1.165) is 26.2 Å². The normalized spacial score (nSPS) is 36.6. The molecule has 2 atom stereocenters. The van der Waals surface area contributed by atoms with Crippen LogP contribution in [-0.2, 0) is 4.74 Å². The van der Waals surface area contributed by atoms with Gasteiger partial charge in [0.2, 0.25) is 0 Å². The van der Waals surface area contributed by atoms with Crippen LogP contribution in [-0.4, -0.2) is 25.8 Å². The summed E-state index contributed by atoms with van der Waals surface area (Å²) in [4.78, 5) is 0. The molecule has 2 heteroatoms. The summed E-state index contributed by atoms with van der Waals surface area (Å²) in [5.41, 5.74) is 1.54. The van der Waals surface area contributed by atoms with Gasteiger partial charge < -0.3 is 10.1 Å². The Hall–Kier alpha value is -0.340. The first-order chi connectivity index (χ1) is 5.84. The van der Waals surface area contributed by atoms with Gasteiger partial charge in [0, 0.05) is 12.6 Å². The zero-order valence-corrected chi connectivity index (χ0v) is 7.68. The molecule has 0 aliphatic carbocycles. The second kappa shape index (κ2) is 3.58. The molecule has 1 fully saturated rings. The van der Waals surface area contributed by atoms with Crippen LogP contribution < -0.4 is 5.32 Å². The Kier molecular flexibility index (Phi) is 2.47. The standard InChI is InChI=1S/C10H17NO/c1-8-2-3-10-7-12-6-9(4-8)5-11-10/h2,9-11H,3-7H2,1H3. The molecule has 0 aromatic heterocycles. The van der Waals surface area contributed by atoms with Gasteiger partial charge in [0.05, 0.1) is 13.2 Å². The first-order valence-corrected chi connectivity index (χ1v) is 4.81. The monoisotopic (exact) mass is 167 g/mol. The van der Waals surface area contributed by atoms with Crippen molar-refractivity contribution >= 4 is 0 Å². The van der Waals surface area contributed by atoms with Crippen molar-refractivity contribution in [3.63, 3.8) is 0 Å². The Labute approximate surface area is 74.0 Å². The number of allylic oxidation sites excluding steroid dienone is 1. The van der Waals surface area contributed by atoms with E-state index >= 15 is 0 Å². The zero-order chi connectivity index (χ0) is 8.39. The molecule has 2 rings (SSSR count). The third kappa shape index (κ3) is 1.87. The molecule has 12 heavy (non-hydrogen) atoms. The van der Waals surface area contributed by atoms with E-state index in [-0.39, 0.29) is 0 Å². The molecular formula is C10H17NO. The first-order valence-electron chi connectivity index (χ1n) is 4.81. The van der Waals surface area contributed by atoms with E-state index in [1.807, 2.05) is 0 Å². The van der Waals surface area contributed by atoms with E-state index < -0.39 is 0 Å². The zero-order valence-electron chi connectivity index (χ0n) is 7.68. The minimum absolute atomic E-state index is 0.560. The van der Waals surface area contributed by atoms with Crippen molar-refractivity contribution in [2.45, 2.75) is 25.8 Å². The van der Waals surface area contributed by atoms with E-state index in [4.69, 9.17) is 4.74 Å². The van der Waals surface area contributed by atoms with Crippen LogP contribution in [0, 0.1) is 5.92 Å². The summed E-state index contributed by atoms with van der Waals surface area (Å²) in [6, 6.07) is 0.560. The third-order valence-corrected chi connectivity index (χ3v) is 2.73. The Balaban J connectivity index is 2.10. The van der Waals surface area contributed by atoms with Crippen molar-refractivity contribution in [3.8, 4) is 0 Å². The average molecular weight is 167 g/mol. The molecule has 1 N–H and O–H groups in total. The maximum atomic E-state index is 5.59. The minimum Gasteiger partial charge on any atom is -0.379 e. The largest absolute Gasteiger partial charge is 0.379 e. The number of fused-ring (bicyclic) bond motifs is 3. The van der Waals surface area contributed by atoms with Gasteiger partial charge in [0.15, 0.2) is 0 Å². The predicted octanol–water partition coefficient (Wildman–Crippen LogP) is 1.33. The molecule has 2 nitrogen and oxygen atoms in total. The van der Waals surface area contributed by atoms with Crippen LogP contribution in [0.25, 0.3) is 0 Å². The van der Waals surface area contributed by atoms with Crippen molar-refractivity contribution in [2.24, 2.45) is 5.92 Å². The van der Waals surface area contributed by atoms with Crippen molar-refractivity contribution in [1.82, 2.24) is 5.32 Å². The van der Waals surface area contributed by atoms with E-state index in [9.17, 15) is 0 Å². The number of nitrogens with one attached hydrogen (secondary N) is 1. The van der Waals surface area contributed by atoms with Crippen molar-refractivity contribution in [1.29, 1.82) is 0 Å². The highest BCUT2D eigenvalue weighted by molar-refractivity contribution is 5.03. The fraction of sp³-hybridized carbons (Fsp3) is 0.800. The molecule has 2 aliphatic heterocycles. The average Bonchev–Trinajstić information content (AvgIpc) is 2.20. The van der Waals surface area contributed by atoms with Gasteiger partial charge in [-0.05, 0) is 25.7 Å². The number of hydrogen-bond acceptors (Lipinski definition) is 2. The van der Waals surface area contributed by atoms with Crippen LogP contribution in [0.4, 0.5) is 0 Å². The summed E-state index contributed by atoms with van der Waals surface area (Å²) >= 11 is 0. The summed E-state index contributed by atoms with van der Waals surface area (Å²) in [7, 11) is 0. The van der Waals surface area contributed by atoms with Gasteiger partial charge in [-0.1, -0.05) is 11.6 Å². The van der Waals surface area contributed by atoms with E-state index in [2.05, 4.69) is 18.3 Å². The molecule has 2 aliphatic rings. The third-order valence-electron chi connectivity index (χ3n) is 2.73. The Morgan fingerprint density at radius 1 is 1.50 bits per heavy atom. The van der Waals surface area contributed by atoms with Crippen LogP contribution in [0.3, 0.4) is 0 Å². The van der Waals surface area contributed by atoms with Crippen LogP contribution >= 0.6 is 0 Å². The highest BCUT2D eigenvalue weighted by Crippen LogP contribution is 2.18. The second-order valence-electron chi connectivity index (χ2n) is 4.00. The molecule has 2 heterocycles. The number of rotatable bonds is 0. The fourth-order valence-corrected chi connectivity index (χ4v) is 1.99. The lowest BCUT2D eigenvalue weighted by molar-refractivity contribution is 0.111. The Morgan fingerprint density at radius 2 is 2.42 bits per heavy atom. The van der Waals surface area contributed by atoms with E-state index in [0.29, 0.717) is 12.0 Å². The molecule has 2 unspecified atom stereocenters. The molecule has 2 bridgehead atoms. The van der Waals surface area contributed by atoms with E-state index in [1.165, 1.54) is 12.0 Å². The maximum absolute atomic E-state index is 5.59. The fourth-order valence-electron chi connectivity index (χ4n) is 1.99. The molecule has 1 saturated heterocycles. The van der Waals surface area contributed by atoms with Gasteiger partial charge in [0.1, 0.15) is 0 Å². The van der Waals surface area contributed by atoms with Gasteiger partial charge in [-0.3, -0.25) is 0 Å². The molecule has 0 spiro atoms. The summed E-state index contributed by atoms with van der Waals surface area (Å²) in [6.45, 7) is 5.20. The number of ether oxygens (including phenoxy) is 1. The molecule has 0 aromatic rings. The lowest BCUT2D eigenvalue weighted by atomic mass is 9.98. The maximum Gasteiger partial charge on any atom is 0.0622 e. The predicted molar refractivity (Wildman–Crippen MR) is 49.1 cm³/mol. The van der Waals surface area contributed by atoms with Crippen LogP contribution in [0.1, 0.15) is 19.8 Å². The van der Waals surface area contributed by atoms with Gasteiger partial charge in [-0.15, -0.1) is 0 Å². The van der Waals surface area contributed by atoms with Crippen LogP contribution in [0.5, 0.6) is 0 Å². The smallest absolute Gasteiger partial charge is 0.0622 e. The van der Waals surface area contributed by atoms with Crippen molar-refractivity contribution in [3.05, 3.63) is 11.6 Å². The van der Waals surface area contributed by atoms with Crippen LogP contribution in [0.2, 0.25) is 0 Å². The molecule has 0 aromatic carbocycles. The van der Waals surface area contributed by atoms with Crippen molar-refractivity contribution in [2.75, 3.05) is 19.8 Å². The molecule has 0 amide bonds. The summed E-state index contributed by atoms with van der Waals surface area (Å²) < 4.78 is 5.59. The molecular weight excluding hydrogens is 150 g/mol. The van der Waals surface area contributed by atoms with Gasteiger partial charge in [0.25, 0.3) is 0 Å².